The highest BCUT2D eigenvalue weighted by molar-refractivity contribution is 6.08. The summed E-state index contributed by atoms with van der Waals surface area (Å²) in [5.41, 5.74) is 4.74. The lowest BCUT2D eigenvalue weighted by atomic mass is 10.1. The van der Waals surface area contributed by atoms with Crippen LogP contribution in [-0.4, -0.2) is 17.1 Å². The summed E-state index contributed by atoms with van der Waals surface area (Å²) >= 11 is 0. The molecule has 3 aromatic carbocycles. The lowest BCUT2D eigenvalue weighted by Gasteiger charge is -2.14. The molecular formula is C24H23N3O2. The number of nitrogens with one attached hydrogen (secondary N) is 2. The van der Waals surface area contributed by atoms with Gasteiger partial charge in [0.1, 0.15) is 6.61 Å². The third-order valence-corrected chi connectivity index (χ3v) is 4.56. The quantitative estimate of drug-likeness (QED) is 0.428. The maximum atomic E-state index is 11.7. The van der Waals surface area contributed by atoms with Crippen LogP contribution in [-0.2, 0) is 11.3 Å². The third-order valence-electron chi connectivity index (χ3n) is 4.56. The molecule has 0 aliphatic carbocycles. The van der Waals surface area contributed by atoms with Crippen molar-refractivity contribution in [3.05, 3.63) is 78.4 Å². The van der Waals surface area contributed by atoms with E-state index in [-0.39, 0.29) is 12.6 Å². The van der Waals surface area contributed by atoms with E-state index in [2.05, 4.69) is 22.8 Å². The van der Waals surface area contributed by atoms with Crippen molar-refractivity contribution < 1.29 is 9.53 Å². The van der Waals surface area contributed by atoms with Gasteiger partial charge in [-0.25, -0.2) is 9.78 Å². The topological polar surface area (TPSA) is 63.2 Å². The van der Waals surface area contributed by atoms with Crippen LogP contribution >= 0.6 is 0 Å². The van der Waals surface area contributed by atoms with Crippen LogP contribution in [0.2, 0.25) is 0 Å². The van der Waals surface area contributed by atoms with Gasteiger partial charge >= 0.3 is 6.09 Å². The average molecular weight is 385 g/mol. The first kappa shape index (κ1) is 18.7. The standard InChI is InChI=1S/C24H23N3O2/c1-16(2)25-24(28)29-15-17-8-7-9-18(14-17)26-23-19-10-3-5-12-21(19)27-22-13-6-4-11-20(22)23/h3-14,16H,15H2,1-2H3,(H,25,28)(H,26,27). The highest BCUT2D eigenvalue weighted by Crippen LogP contribution is 2.33. The molecule has 0 unspecified atom stereocenters. The zero-order chi connectivity index (χ0) is 20.2. The number of fused-ring (bicyclic) bond motifs is 2. The van der Waals surface area contributed by atoms with Crippen molar-refractivity contribution in [2.24, 2.45) is 0 Å². The second-order valence-electron chi connectivity index (χ2n) is 7.22. The number of para-hydroxylation sites is 2. The summed E-state index contributed by atoms with van der Waals surface area (Å²) in [6, 6.07) is 24.1. The summed E-state index contributed by atoms with van der Waals surface area (Å²) in [6.07, 6.45) is -0.413. The van der Waals surface area contributed by atoms with Crippen LogP contribution in [0, 0.1) is 0 Å². The van der Waals surface area contributed by atoms with Crippen LogP contribution in [0.15, 0.2) is 72.8 Å². The fourth-order valence-electron chi connectivity index (χ4n) is 3.28. The molecule has 5 nitrogen and oxygen atoms in total. The Bertz CT molecular complexity index is 1120. The van der Waals surface area contributed by atoms with Crippen LogP contribution in [0.3, 0.4) is 0 Å². The van der Waals surface area contributed by atoms with Crippen molar-refractivity contribution in [1.82, 2.24) is 10.3 Å². The summed E-state index contributed by atoms with van der Waals surface area (Å²) < 4.78 is 5.30. The first-order chi connectivity index (χ1) is 14.1. The molecular weight excluding hydrogens is 362 g/mol. The van der Waals surface area contributed by atoms with Crippen LogP contribution in [0.5, 0.6) is 0 Å². The molecule has 1 amide bonds. The molecule has 4 rings (SSSR count). The SMILES string of the molecule is CC(C)NC(=O)OCc1cccc(Nc2c3ccccc3nc3ccccc23)c1. The molecule has 0 aliphatic rings. The number of hydrogen-bond donors (Lipinski definition) is 2. The molecule has 2 N–H and O–H groups in total. The maximum absolute atomic E-state index is 11.7. The minimum absolute atomic E-state index is 0.0451. The summed E-state index contributed by atoms with van der Waals surface area (Å²) in [7, 11) is 0. The first-order valence-corrected chi connectivity index (χ1v) is 9.67. The number of aromatic nitrogens is 1. The van der Waals surface area contributed by atoms with Gasteiger partial charge in [-0.1, -0.05) is 48.5 Å². The lowest BCUT2D eigenvalue weighted by molar-refractivity contribution is 0.137. The number of benzene rings is 3. The van der Waals surface area contributed by atoms with Crippen LogP contribution in [0.1, 0.15) is 19.4 Å². The van der Waals surface area contributed by atoms with E-state index in [1.807, 2.05) is 74.5 Å². The smallest absolute Gasteiger partial charge is 0.407 e. The van der Waals surface area contributed by atoms with Crippen molar-refractivity contribution in [2.75, 3.05) is 5.32 Å². The number of hydrogen-bond acceptors (Lipinski definition) is 4. The Morgan fingerprint density at radius 3 is 2.24 bits per heavy atom. The normalized spacial score (nSPS) is 11.0. The summed E-state index contributed by atoms with van der Waals surface area (Å²) in [5.74, 6) is 0. The monoisotopic (exact) mass is 385 g/mol. The molecule has 0 saturated heterocycles. The Balaban J connectivity index is 1.64. The van der Waals surface area contributed by atoms with Gasteiger partial charge in [-0.15, -0.1) is 0 Å². The molecule has 0 atom stereocenters. The van der Waals surface area contributed by atoms with E-state index >= 15 is 0 Å². The second kappa shape index (κ2) is 8.19. The van der Waals surface area contributed by atoms with Gasteiger partial charge in [-0.3, -0.25) is 0 Å². The van der Waals surface area contributed by atoms with Gasteiger partial charge < -0.3 is 15.4 Å². The maximum Gasteiger partial charge on any atom is 0.407 e. The molecule has 0 spiro atoms. The number of nitrogens with zero attached hydrogens (tertiary/aromatic N) is 1. The van der Waals surface area contributed by atoms with E-state index < -0.39 is 6.09 Å². The van der Waals surface area contributed by atoms with Gasteiger partial charge in [0.25, 0.3) is 0 Å². The number of alkyl carbamates (subject to hydrolysis) is 1. The van der Waals surface area contributed by atoms with Gasteiger partial charge in [-0.2, -0.15) is 0 Å². The number of amides is 1. The Hall–Kier alpha value is -3.60. The molecule has 0 radical (unpaired) electrons. The summed E-state index contributed by atoms with van der Waals surface area (Å²) in [6.45, 7) is 4.01. The largest absolute Gasteiger partial charge is 0.445 e. The molecule has 0 bridgehead atoms. The molecule has 0 fully saturated rings. The van der Waals surface area contributed by atoms with E-state index in [0.717, 1.165) is 38.7 Å². The highest BCUT2D eigenvalue weighted by Gasteiger charge is 2.10. The van der Waals surface area contributed by atoms with Gasteiger partial charge in [-0.05, 0) is 43.7 Å². The molecule has 5 heteroatoms. The molecule has 4 aromatic rings. The van der Waals surface area contributed by atoms with E-state index in [9.17, 15) is 4.79 Å². The fourth-order valence-corrected chi connectivity index (χ4v) is 3.28. The number of ether oxygens (including phenoxy) is 1. The Labute approximate surface area is 169 Å². The van der Waals surface area contributed by atoms with Crippen LogP contribution < -0.4 is 10.6 Å². The van der Waals surface area contributed by atoms with E-state index in [1.165, 1.54) is 0 Å². The van der Waals surface area contributed by atoms with E-state index in [0.29, 0.717) is 0 Å². The minimum atomic E-state index is -0.413. The second-order valence-corrected chi connectivity index (χ2v) is 7.22. The predicted octanol–water partition coefficient (Wildman–Crippen LogP) is 5.77. The van der Waals surface area contributed by atoms with Crippen molar-refractivity contribution in [1.29, 1.82) is 0 Å². The van der Waals surface area contributed by atoms with E-state index in [1.54, 1.807) is 0 Å². The zero-order valence-corrected chi connectivity index (χ0v) is 16.5. The van der Waals surface area contributed by atoms with Crippen molar-refractivity contribution >= 4 is 39.3 Å². The van der Waals surface area contributed by atoms with Crippen molar-refractivity contribution in [3.63, 3.8) is 0 Å². The predicted molar refractivity (Wildman–Crippen MR) is 117 cm³/mol. The van der Waals surface area contributed by atoms with Gasteiger partial charge in [0.15, 0.2) is 0 Å². The number of carbonyl (C=O) groups is 1. The highest BCUT2D eigenvalue weighted by atomic mass is 16.5. The van der Waals surface area contributed by atoms with Gasteiger partial charge in [0.05, 0.1) is 16.7 Å². The fraction of sp³-hybridized carbons (Fsp3) is 0.167. The lowest BCUT2D eigenvalue weighted by Crippen LogP contribution is -2.30. The number of rotatable bonds is 5. The third kappa shape index (κ3) is 4.29. The first-order valence-electron chi connectivity index (χ1n) is 9.67. The zero-order valence-electron chi connectivity index (χ0n) is 16.5. The number of anilines is 2. The Morgan fingerprint density at radius 1 is 0.931 bits per heavy atom. The number of pyridine rings is 1. The molecule has 0 saturated carbocycles. The van der Waals surface area contributed by atoms with E-state index in [4.69, 9.17) is 9.72 Å². The molecule has 1 aromatic heterocycles. The summed E-state index contributed by atoms with van der Waals surface area (Å²) in [5, 5.41) is 8.40. The van der Waals surface area contributed by atoms with Crippen LogP contribution in [0.25, 0.3) is 21.8 Å². The minimum Gasteiger partial charge on any atom is -0.445 e. The van der Waals surface area contributed by atoms with Gasteiger partial charge in [0.2, 0.25) is 0 Å². The Kier molecular flexibility index (Phi) is 5.29. The Morgan fingerprint density at radius 2 is 1.59 bits per heavy atom. The molecule has 29 heavy (non-hydrogen) atoms. The van der Waals surface area contributed by atoms with Crippen molar-refractivity contribution in [3.8, 4) is 0 Å². The number of carbonyl (C=O) groups excluding carboxylic acids is 1. The molecule has 0 aliphatic heterocycles. The van der Waals surface area contributed by atoms with Crippen LogP contribution in [0.4, 0.5) is 16.2 Å². The molecule has 146 valence electrons. The molecule has 1 heterocycles. The van der Waals surface area contributed by atoms with Crippen molar-refractivity contribution in [2.45, 2.75) is 26.5 Å². The summed E-state index contributed by atoms with van der Waals surface area (Å²) in [4.78, 5) is 16.5. The average Bonchev–Trinajstić information content (AvgIpc) is 2.72. The van der Waals surface area contributed by atoms with Gasteiger partial charge in [0, 0.05) is 22.5 Å².